The molecule has 0 bridgehead atoms. The molecule has 0 spiro atoms. The Morgan fingerprint density at radius 3 is 2.76 bits per heavy atom. The largest absolute Gasteiger partial charge is 0.356 e. The third kappa shape index (κ3) is 4.68. The number of halogens is 5. The number of hydrogen-bond acceptors (Lipinski definition) is 4. The van der Waals surface area contributed by atoms with Gasteiger partial charge in [-0.05, 0) is 43.2 Å². The maximum absolute atomic E-state index is 14.5. The van der Waals surface area contributed by atoms with Gasteiger partial charge in [0.15, 0.2) is 5.82 Å². The topological polar surface area (TPSA) is 118 Å². The summed E-state index contributed by atoms with van der Waals surface area (Å²) < 4.78 is 57.3. The molecule has 3 aliphatic rings. The third-order valence-electron chi connectivity index (χ3n) is 7.78. The summed E-state index contributed by atoms with van der Waals surface area (Å²) in [4.78, 5) is 42.6. The second kappa shape index (κ2) is 9.76. The van der Waals surface area contributed by atoms with E-state index in [-0.39, 0.29) is 35.5 Å². The van der Waals surface area contributed by atoms with Crippen molar-refractivity contribution < 1.29 is 31.9 Å². The Labute approximate surface area is 219 Å². The van der Waals surface area contributed by atoms with Crippen LogP contribution >= 0.6 is 11.6 Å². The van der Waals surface area contributed by atoms with Gasteiger partial charge in [0, 0.05) is 37.2 Å². The summed E-state index contributed by atoms with van der Waals surface area (Å²) in [5.41, 5.74) is -0.569. The van der Waals surface area contributed by atoms with Crippen LogP contribution in [0.1, 0.15) is 42.6 Å². The fourth-order valence-corrected chi connectivity index (χ4v) is 6.24. The Morgan fingerprint density at radius 1 is 1.29 bits per heavy atom. The maximum atomic E-state index is 14.5. The van der Waals surface area contributed by atoms with Crippen LogP contribution in [0.3, 0.4) is 0 Å². The standard InChI is InChI=1S/C25H24ClF4N5O3/c26-16-6-17(27)14-5-18(34-20(14)19(16)28)24(38)35-10-12-7-25(29,30)8-15(12)21(35)23(37)33-13(9-31)4-11-2-1-3-32-22(11)36/h5-6,11-13,15,21,34H,1-4,7-8,10H2,(H,32,36)(H,33,37)/t11-,12-,13+,15-,21-/m1/s1. The van der Waals surface area contributed by atoms with Crippen LogP contribution in [-0.2, 0) is 9.59 Å². The quantitative estimate of drug-likeness (QED) is 0.388. The molecule has 0 radical (unpaired) electrons. The smallest absolute Gasteiger partial charge is 0.271 e. The molecule has 5 rings (SSSR count). The molecule has 1 saturated carbocycles. The van der Waals surface area contributed by atoms with E-state index in [0.717, 1.165) is 23.5 Å². The molecule has 1 aromatic carbocycles. The molecule has 13 heteroatoms. The van der Waals surface area contributed by atoms with E-state index < -0.39 is 77.1 Å². The number of nitriles is 1. The second-order valence-electron chi connectivity index (χ2n) is 10.3. The number of rotatable bonds is 5. The van der Waals surface area contributed by atoms with Crippen LogP contribution in [0.2, 0.25) is 5.02 Å². The number of aromatic amines is 1. The summed E-state index contributed by atoms with van der Waals surface area (Å²) in [5.74, 6) is -8.69. The van der Waals surface area contributed by atoms with Gasteiger partial charge in [-0.25, -0.2) is 17.6 Å². The molecule has 0 unspecified atom stereocenters. The van der Waals surface area contributed by atoms with Crippen LogP contribution in [0, 0.1) is 40.7 Å². The van der Waals surface area contributed by atoms with Crippen molar-refractivity contribution in [1.29, 1.82) is 5.26 Å². The molecule has 2 aliphatic heterocycles. The summed E-state index contributed by atoms with van der Waals surface area (Å²) in [6.07, 6.45) is 0.180. The number of carbonyl (C=O) groups is 3. The van der Waals surface area contributed by atoms with E-state index in [1.165, 1.54) is 0 Å². The van der Waals surface area contributed by atoms with Gasteiger partial charge in [0.2, 0.25) is 17.7 Å². The molecule has 1 aromatic heterocycles. The lowest BCUT2D eigenvalue weighted by atomic mass is 9.90. The molecule has 8 nitrogen and oxygen atoms in total. The zero-order valence-corrected chi connectivity index (χ0v) is 20.8. The molecule has 3 heterocycles. The Morgan fingerprint density at radius 2 is 2.05 bits per heavy atom. The number of nitrogens with zero attached hydrogens (tertiary/aromatic N) is 2. The highest BCUT2D eigenvalue weighted by molar-refractivity contribution is 6.31. The van der Waals surface area contributed by atoms with E-state index in [1.54, 1.807) is 0 Å². The Kier molecular flexibility index (Phi) is 6.75. The zero-order valence-electron chi connectivity index (χ0n) is 20.0. The predicted octanol–water partition coefficient (Wildman–Crippen LogP) is 3.51. The second-order valence-corrected chi connectivity index (χ2v) is 10.7. The molecule has 3 fully saturated rings. The summed E-state index contributed by atoms with van der Waals surface area (Å²) in [5, 5.41) is 14.2. The Balaban J connectivity index is 1.41. The normalized spacial score (nSPS) is 27.1. The van der Waals surface area contributed by atoms with Crippen LogP contribution in [0.5, 0.6) is 0 Å². The third-order valence-corrected chi connectivity index (χ3v) is 8.06. The summed E-state index contributed by atoms with van der Waals surface area (Å²) in [7, 11) is 0. The summed E-state index contributed by atoms with van der Waals surface area (Å²) >= 11 is 5.70. The summed E-state index contributed by atoms with van der Waals surface area (Å²) in [6.45, 7) is 0.365. The first kappa shape index (κ1) is 26.3. The van der Waals surface area contributed by atoms with Crippen molar-refractivity contribution in [2.24, 2.45) is 17.8 Å². The maximum Gasteiger partial charge on any atom is 0.271 e. The van der Waals surface area contributed by atoms with Gasteiger partial charge in [-0.1, -0.05) is 11.6 Å². The van der Waals surface area contributed by atoms with E-state index in [0.29, 0.717) is 13.0 Å². The number of carbonyl (C=O) groups excluding carboxylic acids is 3. The minimum absolute atomic E-state index is 0.0420. The van der Waals surface area contributed by atoms with Gasteiger partial charge < -0.3 is 20.5 Å². The van der Waals surface area contributed by atoms with Crippen LogP contribution in [0.25, 0.3) is 10.9 Å². The van der Waals surface area contributed by atoms with E-state index >= 15 is 0 Å². The van der Waals surface area contributed by atoms with Crippen LogP contribution in [-0.4, -0.2) is 58.7 Å². The first-order chi connectivity index (χ1) is 18.0. The first-order valence-electron chi connectivity index (χ1n) is 12.3. The van der Waals surface area contributed by atoms with Gasteiger partial charge in [-0.3, -0.25) is 14.4 Å². The molecule has 3 amide bonds. The molecule has 5 atom stereocenters. The minimum atomic E-state index is -3.01. The fourth-order valence-electron chi connectivity index (χ4n) is 6.05. The van der Waals surface area contributed by atoms with Gasteiger partial charge in [-0.15, -0.1) is 0 Å². The highest BCUT2D eigenvalue weighted by Crippen LogP contribution is 2.50. The molecule has 38 heavy (non-hydrogen) atoms. The number of aromatic nitrogens is 1. The number of benzene rings is 1. The van der Waals surface area contributed by atoms with Gasteiger partial charge in [0.1, 0.15) is 23.6 Å². The zero-order chi connectivity index (χ0) is 27.4. The number of fused-ring (bicyclic) bond motifs is 2. The van der Waals surface area contributed by atoms with E-state index in [1.807, 2.05) is 6.07 Å². The van der Waals surface area contributed by atoms with E-state index in [9.17, 15) is 37.2 Å². The van der Waals surface area contributed by atoms with Crippen LogP contribution < -0.4 is 10.6 Å². The number of nitrogens with one attached hydrogen (secondary N) is 3. The molecule has 2 saturated heterocycles. The Hall–Kier alpha value is -3.33. The van der Waals surface area contributed by atoms with Crippen molar-refractivity contribution in [1.82, 2.24) is 20.5 Å². The molecule has 202 valence electrons. The lowest BCUT2D eigenvalue weighted by Gasteiger charge is -2.29. The highest BCUT2D eigenvalue weighted by atomic mass is 35.5. The first-order valence-corrected chi connectivity index (χ1v) is 12.7. The number of alkyl halides is 2. The van der Waals surface area contributed by atoms with E-state index in [2.05, 4.69) is 15.6 Å². The van der Waals surface area contributed by atoms with Crippen molar-refractivity contribution in [2.75, 3.05) is 13.1 Å². The van der Waals surface area contributed by atoms with Crippen LogP contribution in [0.15, 0.2) is 12.1 Å². The molecular weight excluding hydrogens is 530 g/mol. The number of amides is 3. The Bertz CT molecular complexity index is 1360. The minimum Gasteiger partial charge on any atom is -0.356 e. The molecule has 1 aliphatic carbocycles. The molecular formula is C25H24ClF4N5O3. The van der Waals surface area contributed by atoms with Crippen molar-refractivity contribution in [3.05, 3.63) is 34.5 Å². The number of likely N-dealkylation sites (tertiary alicyclic amines) is 1. The molecule has 2 aromatic rings. The fraction of sp³-hybridized carbons (Fsp3) is 0.520. The molecule has 3 N–H and O–H groups in total. The number of piperidine rings is 1. The number of H-pyrrole nitrogens is 1. The van der Waals surface area contributed by atoms with E-state index in [4.69, 9.17) is 11.6 Å². The SMILES string of the molecule is N#C[C@H](C[C@H]1CCCNC1=O)NC(=O)[C@H]1[C@@H]2CC(F)(F)C[C@@H]2CN1C(=O)c1cc2c(F)cc(Cl)c(F)c2[nH]1. The van der Waals surface area contributed by atoms with Crippen molar-refractivity contribution in [2.45, 2.75) is 50.1 Å². The lowest BCUT2D eigenvalue weighted by molar-refractivity contribution is -0.129. The highest BCUT2D eigenvalue weighted by Gasteiger charge is 2.58. The predicted molar refractivity (Wildman–Crippen MR) is 127 cm³/mol. The van der Waals surface area contributed by atoms with Gasteiger partial charge in [0.05, 0.1) is 16.6 Å². The average Bonchev–Trinajstić information content (AvgIpc) is 3.53. The number of hydrogen-bond donors (Lipinski definition) is 3. The van der Waals surface area contributed by atoms with Crippen molar-refractivity contribution in [3.8, 4) is 6.07 Å². The van der Waals surface area contributed by atoms with Gasteiger partial charge in [-0.2, -0.15) is 5.26 Å². The van der Waals surface area contributed by atoms with Crippen molar-refractivity contribution >= 4 is 40.2 Å². The van der Waals surface area contributed by atoms with Crippen molar-refractivity contribution in [3.63, 3.8) is 0 Å². The average molecular weight is 554 g/mol. The van der Waals surface area contributed by atoms with Crippen LogP contribution in [0.4, 0.5) is 17.6 Å². The van der Waals surface area contributed by atoms with Gasteiger partial charge in [0.25, 0.3) is 5.91 Å². The summed E-state index contributed by atoms with van der Waals surface area (Å²) in [6, 6.07) is 1.40. The van der Waals surface area contributed by atoms with Gasteiger partial charge >= 0.3 is 0 Å². The monoisotopic (exact) mass is 553 g/mol. The lowest BCUT2D eigenvalue weighted by Crippen LogP contribution is -2.52.